The number of nitrogens with one attached hydrogen (secondary N) is 2. The van der Waals surface area contributed by atoms with Crippen LogP contribution in [0.1, 0.15) is 29.3 Å². The first-order valence-corrected chi connectivity index (χ1v) is 9.43. The zero-order valence-corrected chi connectivity index (χ0v) is 16.1. The Kier molecular flexibility index (Phi) is 5.89. The highest BCUT2D eigenvalue weighted by atomic mass is 32.2. The fraction of sp³-hybridized carbons (Fsp3) is 0.200. The third-order valence-electron chi connectivity index (χ3n) is 4.09. The number of Topliss-reactive ketones (excluding diaryl/α,β-unsaturated/α-hetero) is 1. The zero-order valence-electron chi connectivity index (χ0n) is 15.3. The number of amides is 2. The number of ketones is 1. The lowest BCUT2D eigenvalue weighted by Gasteiger charge is -2.08. The van der Waals surface area contributed by atoms with Gasteiger partial charge in [-0.05, 0) is 43.7 Å². The lowest BCUT2D eigenvalue weighted by molar-refractivity contribution is -0.122. The molecule has 1 aliphatic rings. The average Bonchev–Trinajstić information content (AvgIpc) is 2.97. The molecule has 6 nitrogen and oxygen atoms in total. The van der Waals surface area contributed by atoms with E-state index in [2.05, 4.69) is 15.6 Å². The maximum Gasteiger partial charge on any atom is 0.240 e. The lowest BCUT2D eigenvalue weighted by atomic mass is 10.1. The molecule has 1 heterocycles. The number of hydrogen-bond donors (Lipinski definition) is 2. The van der Waals surface area contributed by atoms with Crippen LogP contribution in [0, 0.1) is 12.7 Å². The molecule has 0 bridgehead atoms. The molecule has 2 N–H and O–H groups in total. The summed E-state index contributed by atoms with van der Waals surface area (Å²) in [5, 5.41) is 4.99. The Balaban J connectivity index is 1.63. The summed E-state index contributed by atoms with van der Waals surface area (Å²) < 4.78 is 13.6. The van der Waals surface area contributed by atoms with Crippen LogP contribution in [0.25, 0.3) is 0 Å². The molecule has 8 heteroatoms. The van der Waals surface area contributed by atoms with Crippen LogP contribution < -0.4 is 10.6 Å². The van der Waals surface area contributed by atoms with E-state index in [1.165, 1.54) is 13.0 Å². The van der Waals surface area contributed by atoms with Gasteiger partial charge in [-0.1, -0.05) is 30.0 Å². The maximum atomic E-state index is 13.6. The molecule has 1 saturated heterocycles. The van der Waals surface area contributed by atoms with E-state index in [9.17, 15) is 18.8 Å². The molecule has 1 fully saturated rings. The molecule has 0 saturated carbocycles. The summed E-state index contributed by atoms with van der Waals surface area (Å²) in [6.45, 7) is 3.10. The van der Waals surface area contributed by atoms with Crippen LogP contribution in [0.3, 0.4) is 0 Å². The van der Waals surface area contributed by atoms with E-state index >= 15 is 0 Å². The van der Waals surface area contributed by atoms with Crippen molar-refractivity contribution in [3.63, 3.8) is 0 Å². The fourth-order valence-corrected chi connectivity index (χ4v) is 3.55. The first-order chi connectivity index (χ1) is 13.3. The van der Waals surface area contributed by atoms with Gasteiger partial charge in [0.2, 0.25) is 11.8 Å². The quantitative estimate of drug-likeness (QED) is 0.753. The summed E-state index contributed by atoms with van der Waals surface area (Å²) in [5.41, 5.74) is 1.88. The number of benzene rings is 2. The monoisotopic (exact) mass is 399 g/mol. The van der Waals surface area contributed by atoms with Gasteiger partial charge in [0, 0.05) is 17.7 Å². The van der Waals surface area contributed by atoms with Gasteiger partial charge in [-0.15, -0.1) is 0 Å². The molecule has 2 amide bonds. The molecule has 0 unspecified atom stereocenters. The number of amidine groups is 1. The van der Waals surface area contributed by atoms with Crippen molar-refractivity contribution in [2.75, 3.05) is 5.32 Å². The highest BCUT2D eigenvalue weighted by Crippen LogP contribution is 2.26. The van der Waals surface area contributed by atoms with Gasteiger partial charge in [-0.25, -0.2) is 9.38 Å². The van der Waals surface area contributed by atoms with E-state index in [0.717, 1.165) is 11.8 Å². The van der Waals surface area contributed by atoms with Gasteiger partial charge < -0.3 is 10.6 Å². The molecule has 3 rings (SSSR count). The van der Waals surface area contributed by atoms with Crippen molar-refractivity contribution in [2.45, 2.75) is 25.5 Å². The summed E-state index contributed by atoms with van der Waals surface area (Å²) in [4.78, 5) is 40.0. The molecule has 144 valence electrons. The minimum absolute atomic E-state index is 0.0535. The molecule has 1 atom stereocenters. The van der Waals surface area contributed by atoms with Gasteiger partial charge in [0.05, 0.1) is 5.69 Å². The third kappa shape index (κ3) is 4.83. The Bertz CT molecular complexity index is 990. The molecule has 1 aliphatic heterocycles. The predicted octanol–water partition coefficient (Wildman–Crippen LogP) is 3.58. The second kappa shape index (κ2) is 8.35. The zero-order chi connectivity index (χ0) is 20.3. The SMILES string of the molecule is CC(=O)c1cccc(NC(=O)C[C@@H]2SC(=Nc3ccc(C)c(F)c3)NC2=O)c1. The molecule has 2 aromatic carbocycles. The third-order valence-corrected chi connectivity index (χ3v) is 5.17. The number of aliphatic imine (C=N–C) groups is 1. The first-order valence-electron chi connectivity index (χ1n) is 8.55. The molecule has 0 aliphatic carbocycles. The van der Waals surface area contributed by atoms with Crippen LogP contribution in [-0.2, 0) is 9.59 Å². The van der Waals surface area contributed by atoms with Crippen LogP contribution in [0.2, 0.25) is 0 Å². The highest BCUT2D eigenvalue weighted by molar-refractivity contribution is 8.15. The molecule has 0 radical (unpaired) electrons. The van der Waals surface area contributed by atoms with E-state index in [4.69, 9.17) is 0 Å². The largest absolute Gasteiger partial charge is 0.326 e. The minimum atomic E-state index is -0.634. The number of rotatable bonds is 5. The van der Waals surface area contributed by atoms with Crippen LogP contribution in [-0.4, -0.2) is 28.0 Å². The summed E-state index contributed by atoms with van der Waals surface area (Å²) in [5.74, 6) is -1.16. The highest BCUT2D eigenvalue weighted by Gasteiger charge is 2.32. The number of carbonyl (C=O) groups is 3. The Morgan fingerprint density at radius 3 is 2.75 bits per heavy atom. The van der Waals surface area contributed by atoms with Crippen LogP contribution in [0.15, 0.2) is 47.5 Å². The number of halogens is 1. The van der Waals surface area contributed by atoms with E-state index in [0.29, 0.717) is 27.7 Å². The first kappa shape index (κ1) is 19.8. The van der Waals surface area contributed by atoms with Crippen LogP contribution in [0.4, 0.5) is 15.8 Å². The molecular formula is C20H18FN3O3S. The van der Waals surface area contributed by atoms with Gasteiger partial charge in [0.1, 0.15) is 11.1 Å². The van der Waals surface area contributed by atoms with E-state index < -0.39 is 5.25 Å². The Hall–Kier alpha value is -3.00. The van der Waals surface area contributed by atoms with E-state index in [1.807, 2.05) is 0 Å². The normalized spacial score (nSPS) is 17.5. The van der Waals surface area contributed by atoms with Crippen LogP contribution in [0.5, 0.6) is 0 Å². The molecular weight excluding hydrogens is 381 g/mol. The number of carbonyl (C=O) groups excluding carboxylic acids is 3. The fourth-order valence-electron chi connectivity index (χ4n) is 2.56. The topological polar surface area (TPSA) is 87.6 Å². The second-order valence-corrected chi connectivity index (χ2v) is 7.53. The summed E-state index contributed by atoms with van der Waals surface area (Å²) in [6.07, 6.45) is -0.0535. The van der Waals surface area contributed by atoms with Gasteiger partial charge >= 0.3 is 0 Å². The average molecular weight is 399 g/mol. The van der Waals surface area contributed by atoms with E-state index in [-0.39, 0.29) is 29.8 Å². The number of aryl methyl sites for hydroxylation is 1. The lowest BCUT2D eigenvalue weighted by Crippen LogP contribution is -2.28. The molecule has 2 aromatic rings. The molecule has 0 spiro atoms. The van der Waals surface area contributed by atoms with Crippen LogP contribution >= 0.6 is 11.8 Å². The molecule has 0 aromatic heterocycles. The summed E-state index contributed by atoms with van der Waals surface area (Å²) in [6, 6.07) is 11.1. The Labute approximate surface area is 165 Å². The van der Waals surface area contributed by atoms with Gasteiger partial charge in [-0.3, -0.25) is 14.4 Å². The Morgan fingerprint density at radius 1 is 1.25 bits per heavy atom. The number of nitrogens with zero attached hydrogens (tertiary/aromatic N) is 1. The van der Waals surface area contributed by atoms with Crippen molar-refractivity contribution >= 4 is 45.9 Å². The van der Waals surface area contributed by atoms with Crippen molar-refractivity contribution in [1.29, 1.82) is 0 Å². The van der Waals surface area contributed by atoms with Crippen molar-refractivity contribution in [3.05, 3.63) is 59.4 Å². The van der Waals surface area contributed by atoms with Crippen molar-refractivity contribution < 1.29 is 18.8 Å². The number of thioether (sulfide) groups is 1. The van der Waals surface area contributed by atoms with Crippen molar-refractivity contribution in [3.8, 4) is 0 Å². The second-order valence-electron chi connectivity index (χ2n) is 6.34. The van der Waals surface area contributed by atoms with Crippen molar-refractivity contribution in [2.24, 2.45) is 4.99 Å². The van der Waals surface area contributed by atoms with Gasteiger partial charge in [0.25, 0.3) is 0 Å². The summed E-state index contributed by atoms with van der Waals surface area (Å²) >= 11 is 1.12. The maximum absolute atomic E-state index is 13.6. The standard InChI is InChI=1S/C20H18FN3O3S/c1-11-6-7-15(9-16(11)21)23-20-24-19(27)17(28-20)10-18(26)22-14-5-3-4-13(8-14)12(2)25/h3-9,17H,10H2,1-2H3,(H,22,26)(H,23,24,27)/t17-/m0/s1. The predicted molar refractivity (Wildman–Crippen MR) is 107 cm³/mol. The van der Waals surface area contributed by atoms with E-state index in [1.54, 1.807) is 43.3 Å². The summed E-state index contributed by atoms with van der Waals surface area (Å²) in [7, 11) is 0. The Morgan fingerprint density at radius 2 is 2.04 bits per heavy atom. The molecule has 28 heavy (non-hydrogen) atoms. The smallest absolute Gasteiger partial charge is 0.240 e. The number of hydrogen-bond acceptors (Lipinski definition) is 5. The van der Waals surface area contributed by atoms with Gasteiger partial charge in [-0.2, -0.15) is 0 Å². The van der Waals surface area contributed by atoms with Gasteiger partial charge in [0.15, 0.2) is 11.0 Å². The minimum Gasteiger partial charge on any atom is -0.326 e. The number of anilines is 1. The van der Waals surface area contributed by atoms with Crippen molar-refractivity contribution in [1.82, 2.24) is 5.32 Å².